The van der Waals surface area contributed by atoms with Crippen molar-refractivity contribution >= 4 is 0 Å². The zero-order chi connectivity index (χ0) is 13.3. The molecule has 1 aliphatic heterocycles. The average Bonchev–Trinajstić information content (AvgIpc) is 2.51. The van der Waals surface area contributed by atoms with Crippen molar-refractivity contribution in [1.82, 2.24) is 4.90 Å². The Morgan fingerprint density at radius 1 is 1.16 bits per heavy atom. The van der Waals surface area contributed by atoms with E-state index in [0.717, 1.165) is 43.8 Å². The normalized spacial score (nSPS) is 29.8. The minimum atomic E-state index is -0.607. The largest absolute Gasteiger partial charge is 0.385 e. The van der Waals surface area contributed by atoms with Gasteiger partial charge in [-0.3, -0.25) is 0 Å². The molecule has 3 rings (SSSR count). The standard InChI is InChI=1S/C17H25NO/c1-18-11-4-9-17(19,10-12-18)16-8-3-7-15(13-16)14-5-2-6-14/h3,7-8,13-14,19H,2,4-6,9-12H2,1H3. The van der Waals surface area contributed by atoms with E-state index < -0.39 is 5.60 Å². The highest BCUT2D eigenvalue weighted by molar-refractivity contribution is 5.31. The van der Waals surface area contributed by atoms with E-state index in [2.05, 4.69) is 36.2 Å². The van der Waals surface area contributed by atoms with Crippen LogP contribution in [0.1, 0.15) is 55.6 Å². The Hall–Kier alpha value is -0.860. The predicted molar refractivity (Wildman–Crippen MR) is 78.3 cm³/mol. The Labute approximate surface area is 116 Å². The molecule has 0 amide bonds. The van der Waals surface area contributed by atoms with Gasteiger partial charge in [0.1, 0.15) is 0 Å². The monoisotopic (exact) mass is 259 g/mol. The quantitative estimate of drug-likeness (QED) is 0.881. The fraction of sp³-hybridized carbons (Fsp3) is 0.647. The van der Waals surface area contributed by atoms with Crippen molar-refractivity contribution in [2.75, 3.05) is 20.1 Å². The Morgan fingerprint density at radius 2 is 2.00 bits per heavy atom. The molecule has 1 saturated heterocycles. The van der Waals surface area contributed by atoms with E-state index in [1.807, 2.05) is 0 Å². The minimum absolute atomic E-state index is 0.607. The first-order valence-electron chi connectivity index (χ1n) is 7.69. The van der Waals surface area contributed by atoms with Crippen LogP contribution < -0.4 is 0 Å². The van der Waals surface area contributed by atoms with Crippen LogP contribution in [0, 0.1) is 0 Å². The molecule has 1 atom stereocenters. The smallest absolute Gasteiger partial charge is 0.0909 e. The molecule has 2 aliphatic rings. The third-order valence-corrected chi connectivity index (χ3v) is 5.04. The van der Waals surface area contributed by atoms with Gasteiger partial charge in [0.2, 0.25) is 0 Å². The van der Waals surface area contributed by atoms with Crippen LogP contribution in [0.4, 0.5) is 0 Å². The molecule has 1 aromatic rings. The number of hydrogen-bond donors (Lipinski definition) is 1. The second-order valence-corrected chi connectivity index (χ2v) is 6.44. The SMILES string of the molecule is CN1CCCC(O)(c2cccc(C3CCC3)c2)CC1. The topological polar surface area (TPSA) is 23.5 Å². The van der Waals surface area contributed by atoms with Gasteiger partial charge in [0, 0.05) is 6.54 Å². The predicted octanol–water partition coefficient (Wildman–Crippen LogP) is 3.26. The molecule has 1 N–H and O–H groups in total. The van der Waals surface area contributed by atoms with Gasteiger partial charge in [-0.05, 0) is 62.7 Å². The number of hydrogen-bond acceptors (Lipinski definition) is 2. The minimum Gasteiger partial charge on any atom is -0.385 e. The van der Waals surface area contributed by atoms with E-state index in [9.17, 15) is 5.11 Å². The lowest BCUT2D eigenvalue weighted by Gasteiger charge is -2.30. The van der Waals surface area contributed by atoms with Gasteiger partial charge in [0.25, 0.3) is 0 Å². The van der Waals surface area contributed by atoms with Crippen molar-refractivity contribution in [1.29, 1.82) is 0 Å². The zero-order valence-electron chi connectivity index (χ0n) is 11.9. The average molecular weight is 259 g/mol. The summed E-state index contributed by atoms with van der Waals surface area (Å²) in [6, 6.07) is 8.76. The van der Waals surface area contributed by atoms with Gasteiger partial charge in [-0.25, -0.2) is 0 Å². The maximum Gasteiger partial charge on any atom is 0.0909 e. The summed E-state index contributed by atoms with van der Waals surface area (Å²) < 4.78 is 0. The molecular weight excluding hydrogens is 234 g/mol. The van der Waals surface area contributed by atoms with E-state index in [0.29, 0.717) is 0 Å². The third kappa shape index (κ3) is 2.70. The fourth-order valence-electron chi connectivity index (χ4n) is 3.37. The van der Waals surface area contributed by atoms with Crippen molar-refractivity contribution in [3.63, 3.8) is 0 Å². The molecule has 1 aliphatic carbocycles. The Kier molecular flexibility index (Phi) is 3.64. The summed E-state index contributed by atoms with van der Waals surface area (Å²) in [6.45, 7) is 2.09. The van der Waals surface area contributed by atoms with Crippen LogP contribution in [0.15, 0.2) is 24.3 Å². The molecule has 104 valence electrons. The lowest BCUT2D eigenvalue weighted by molar-refractivity contribution is 0.0217. The molecule has 1 unspecified atom stereocenters. The van der Waals surface area contributed by atoms with Crippen LogP contribution in [-0.2, 0) is 5.60 Å². The van der Waals surface area contributed by atoms with E-state index in [1.54, 1.807) is 0 Å². The van der Waals surface area contributed by atoms with Crippen molar-refractivity contribution in [3.8, 4) is 0 Å². The second-order valence-electron chi connectivity index (χ2n) is 6.44. The highest BCUT2D eigenvalue weighted by Crippen LogP contribution is 2.39. The van der Waals surface area contributed by atoms with Crippen molar-refractivity contribution in [2.45, 2.75) is 50.0 Å². The first-order chi connectivity index (χ1) is 9.17. The van der Waals surface area contributed by atoms with E-state index >= 15 is 0 Å². The van der Waals surface area contributed by atoms with Crippen LogP contribution in [0.25, 0.3) is 0 Å². The first-order valence-corrected chi connectivity index (χ1v) is 7.69. The van der Waals surface area contributed by atoms with Crippen LogP contribution in [0.2, 0.25) is 0 Å². The van der Waals surface area contributed by atoms with Crippen LogP contribution in [0.5, 0.6) is 0 Å². The molecule has 2 nitrogen and oxygen atoms in total. The van der Waals surface area contributed by atoms with Gasteiger partial charge >= 0.3 is 0 Å². The number of likely N-dealkylation sites (tertiary alicyclic amines) is 1. The highest BCUT2D eigenvalue weighted by Gasteiger charge is 2.32. The summed E-state index contributed by atoms with van der Waals surface area (Å²) in [5.74, 6) is 0.747. The summed E-state index contributed by atoms with van der Waals surface area (Å²) >= 11 is 0. The molecule has 2 fully saturated rings. The Bertz CT molecular complexity index is 441. The van der Waals surface area contributed by atoms with Crippen molar-refractivity contribution in [2.24, 2.45) is 0 Å². The molecular formula is C17H25NO. The summed E-state index contributed by atoms with van der Waals surface area (Å²) in [5, 5.41) is 11.0. The molecule has 19 heavy (non-hydrogen) atoms. The molecule has 0 radical (unpaired) electrons. The first kappa shape index (κ1) is 13.1. The second kappa shape index (κ2) is 5.26. The molecule has 0 spiro atoms. The maximum absolute atomic E-state index is 11.0. The molecule has 2 heteroatoms. The fourth-order valence-corrected chi connectivity index (χ4v) is 3.37. The number of aliphatic hydroxyl groups is 1. The molecule has 0 aromatic heterocycles. The summed E-state index contributed by atoms with van der Waals surface area (Å²) in [4.78, 5) is 2.33. The zero-order valence-corrected chi connectivity index (χ0v) is 11.9. The van der Waals surface area contributed by atoms with Gasteiger partial charge in [-0.2, -0.15) is 0 Å². The number of benzene rings is 1. The van der Waals surface area contributed by atoms with Gasteiger partial charge < -0.3 is 10.0 Å². The van der Waals surface area contributed by atoms with Gasteiger partial charge in [-0.1, -0.05) is 30.7 Å². The van der Waals surface area contributed by atoms with E-state index in [4.69, 9.17) is 0 Å². The summed E-state index contributed by atoms with van der Waals surface area (Å²) in [5.41, 5.74) is 1.98. The third-order valence-electron chi connectivity index (χ3n) is 5.04. The Balaban J connectivity index is 1.83. The lowest BCUT2D eigenvalue weighted by Crippen LogP contribution is -2.28. The van der Waals surface area contributed by atoms with Crippen molar-refractivity contribution < 1.29 is 5.11 Å². The molecule has 1 aromatic carbocycles. The van der Waals surface area contributed by atoms with Gasteiger partial charge in [0.15, 0.2) is 0 Å². The van der Waals surface area contributed by atoms with Crippen LogP contribution in [0.3, 0.4) is 0 Å². The molecule has 1 heterocycles. The van der Waals surface area contributed by atoms with Gasteiger partial charge in [-0.15, -0.1) is 0 Å². The Morgan fingerprint density at radius 3 is 2.74 bits per heavy atom. The van der Waals surface area contributed by atoms with Gasteiger partial charge in [0.05, 0.1) is 5.60 Å². The summed E-state index contributed by atoms with van der Waals surface area (Å²) in [6.07, 6.45) is 6.85. The van der Waals surface area contributed by atoms with Crippen molar-refractivity contribution in [3.05, 3.63) is 35.4 Å². The lowest BCUT2D eigenvalue weighted by atomic mass is 9.78. The maximum atomic E-state index is 11.0. The summed E-state index contributed by atoms with van der Waals surface area (Å²) in [7, 11) is 2.15. The number of rotatable bonds is 2. The highest BCUT2D eigenvalue weighted by atomic mass is 16.3. The number of nitrogens with zero attached hydrogens (tertiary/aromatic N) is 1. The molecule has 1 saturated carbocycles. The molecule has 0 bridgehead atoms. The van der Waals surface area contributed by atoms with E-state index in [-0.39, 0.29) is 0 Å². The van der Waals surface area contributed by atoms with E-state index in [1.165, 1.54) is 24.8 Å². The van der Waals surface area contributed by atoms with Crippen LogP contribution >= 0.6 is 0 Å². The van der Waals surface area contributed by atoms with Crippen LogP contribution in [-0.4, -0.2) is 30.1 Å².